The topological polar surface area (TPSA) is 92.5 Å². The molecule has 1 rings (SSSR count). The first kappa shape index (κ1) is 13.1. The number of nitro groups is 1. The van der Waals surface area contributed by atoms with Crippen molar-refractivity contribution in [3.05, 3.63) is 39.9 Å². The van der Waals surface area contributed by atoms with Crippen molar-refractivity contribution in [3.63, 3.8) is 0 Å². The first-order valence-electron chi connectivity index (χ1n) is 5.16. The number of non-ortho nitro benzene ring substituents is 1. The number of amides is 1. The van der Waals surface area contributed by atoms with Gasteiger partial charge < -0.3 is 10.4 Å². The van der Waals surface area contributed by atoms with E-state index in [-0.39, 0.29) is 30.7 Å². The molecule has 0 aliphatic heterocycles. The zero-order valence-corrected chi connectivity index (χ0v) is 9.42. The van der Waals surface area contributed by atoms with Gasteiger partial charge in [0.2, 0.25) is 5.91 Å². The standard InChI is InChI=1S/C11H14N2O4/c1-8(7-14)12-11(15)6-9-2-4-10(5-3-9)13(16)17/h2-5,8,14H,6-7H2,1H3,(H,12,15). The van der Waals surface area contributed by atoms with Gasteiger partial charge in [-0.05, 0) is 12.5 Å². The van der Waals surface area contributed by atoms with Crippen molar-refractivity contribution < 1.29 is 14.8 Å². The summed E-state index contributed by atoms with van der Waals surface area (Å²) in [5.74, 6) is -0.222. The summed E-state index contributed by atoms with van der Waals surface area (Å²) in [6.07, 6.45) is 0.141. The van der Waals surface area contributed by atoms with E-state index in [9.17, 15) is 14.9 Å². The third-order valence-corrected chi connectivity index (χ3v) is 2.19. The van der Waals surface area contributed by atoms with E-state index < -0.39 is 4.92 Å². The van der Waals surface area contributed by atoms with Gasteiger partial charge >= 0.3 is 0 Å². The minimum atomic E-state index is -0.488. The smallest absolute Gasteiger partial charge is 0.269 e. The lowest BCUT2D eigenvalue weighted by atomic mass is 10.1. The minimum absolute atomic E-state index is 0.00196. The first-order chi connectivity index (χ1) is 8.02. The largest absolute Gasteiger partial charge is 0.394 e. The van der Waals surface area contributed by atoms with Gasteiger partial charge in [-0.1, -0.05) is 12.1 Å². The maximum atomic E-state index is 11.4. The monoisotopic (exact) mass is 238 g/mol. The molecular formula is C11H14N2O4. The summed E-state index contributed by atoms with van der Waals surface area (Å²) in [5, 5.41) is 21.8. The van der Waals surface area contributed by atoms with E-state index in [0.29, 0.717) is 5.56 Å². The second-order valence-corrected chi connectivity index (χ2v) is 3.75. The zero-order chi connectivity index (χ0) is 12.8. The highest BCUT2D eigenvalue weighted by Crippen LogP contribution is 2.12. The predicted octanol–water partition coefficient (Wildman–Crippen LogP) is 0.634. The summed E-state index contributed by atoms with van der Waals surface area (Å²) in [7, 11) is 0. The first-order valence-corrected chi connectivity index (χ1v) is 5.16. The number of nitrogens with one attached hydrogen (secondary N) is 1. The quantitative estimate of drug-likeness (QED) is 0.581. The Labute approximate surface area is 98.4 Å². The van der Waals surface area contributed by atoms with Crippen LogP contribution in [0.3, 0.4) is 0 Å². The van der Waals surface area contributed by atoms with Crippen molar-refractivity contribution in [1.82, 2.24) is 5.32 Å². The molecule has 0 heterocycles. The highest BCUT2D eigenvalue weighted by molar-refractivity contribution is 5.78. The number of carbonyl (C=O) groups excluding carboxylic acids is 1. The summed E-state index contributed by atoms with van der Waals surface area (Å²) in [5.41, 5.74) is 0.691. The lowest BCUT2D eigenvalue weighted by Crippen LogP contribution is -2.35. The Kier molecular flexibility index (Phi) is 4.59. The van der Waals surface area contributed by atoms with E-state index in [1.54, 1.807) is 19.1 Å². The molecule has 0 aromatic heterocycles. The fraction of sp³-hybridized carbons (Fsp3) is 0.364. The van der Waals surface area contributed by atoms with Gasteiger partial charge in [0.15, 0.2) is 0 Å². The molecule has 0 saturated carbocycles. The highest BCUT2D eigenvalue weighted by Gasteiger charge is 2.09. The second-order valence-electron chi connectivity index (χ2n) is 3.75. The van der Waals surface area contributed by atoms with Gasteiger partial charge in [-0.15, -0.1) is 0 Å². The maximum Gasteiger partial charge on any atom is 0.269 e. The summed E-state index contributed by atoms with van der Waals surface area (Å²) < 4.78 is 0. The van der Waals surface area contributed by atoms with Crippen LogP contribution in [-0.2, 0) is 11.2 Å². The number of benzene rings is 1. The van der Waals surface area contributed by atoms with Crippen molar-refractivity contribution in [1.29, 1.82) is 0 Å². The molecule has 0 aliphatic rings. The van der Waals surface area contributed by atoms with E-state index in [4.69, 9.17) is 5.11 Å². The van der Waals surface area contributed by atoms with Gasteiger partial charge in [0.05, 0.1) is 18.0 Å². The lowest BCUT2D eigenvalue weighted by Gasteiger charge is -2.10. The van der Waals surface area contributed by atoms with E-state index in [2.05, 4.69) is 5.32 Å². The summed E-state index contributed by atoms with van der Waals surface area (Å²) in [6.45, 7) is 1.57. The molecule has 6 heteroatoms. The van der Waals surface area contributed by atoms with Crippen LogP contribution in [0.4, 0.5) is 5.69 Å². The molecule has 1 atom stereocenters. The SMILES string of the molecule is CC(CO)NC(=O)Cc1ccc([N+](=O)[O-])cc1. The summed E-state index contributed by atoms with van der Waals surface area (Å²) in [4.78, 5) is 21.4. The molecule has 2 N–H and O–H groups in total. The number of nitrogens with zero attached hydrogens (tertiary/aromatic N) is 1. The Balaban J connectivity index is 2.57. The molecule has 0 saturated heterocycles. The zero-order valence-electron chi connectivity index (χ0n) is 9.42. The van der Waals surface area contributed by atoms with Crippen LogP contribution in [0.2, 0.25) is 0 Å². The number of hydrogen-bond acceptors (Lipinski definition) is 4. The molecular weight excluding hydrogens is 224 g/mol. The van der Waals surface area contributed by atoms with Crippen LogP contribution in [-0.4, -0.2) is 28.6 Å². The van der Waals surface area contributed by atoms with Crippen molar-refractivity contribution in [2.24, 2.45) is 0 Å². The van der Waals surface area contributed by atoms with Crippen LogP contribution in [0.25, 0.3) is 0 Å². The third kappa shape index (κ3) is 4.20. The van der Waals surface area contributed by atoms with Crippen molar-refractivity contribution in [2.75, 3.05) is 6.61 Å². The highest BCUT2D eigenvalue weighted by atomic mass is 16.6. The molecule has 0 spiro atoms. The molecule has 6 nitrogen and oxygen atoms in total. The summed E-state index contributed by atoms with van der Waals surface area (Å²) in [6, 6.07) is 5.51. The fourth-order valence-electron chi connectivity index (χ4n) is 1.29. The Hall–Kier alpha value is -1.95. The lowest BCUT2D eigenvalue weighted by molar-refractivity contribution is -0.384. The van der Waals surface area contributed by atoms with E-state index >= 15 is 0 Å². The van der Waals surface area contributed by atoms with Gasteiger partial charge in [-0.25, -0.2) is 0 Å². The Morgan fingerprint density at radius 2 is 2.06 bits per heavy atom. The molecule has 0 radical (unpaired) electrons. The molecule has 1 unspecified atom stereocenters. The molecule has 92 valence electrons. The molecule has 0 fully saturated rings. The number of rotatable bonds is 5. The number of nitro benzene ring substituents is 1. The van der Waals surface area contributed by atoms with Crippen molar-refractivity contribution >= 4 is 11.6 Å². The fourth-order valence-corrected chi connectivity index (χ4v) is 1.29. The van der Waals surface area contributed by atoms with Gasteiger partial charge in [-0.3, -0.25) is 14.9 Å². The average molecular weight is 238 g/mol. The number of carbonyl (C=O) groups is 1. The third-order valence-electron chi connectivity index (χ3n) is 2.19. The number of aliphatic hydroxyl groups is 1. The predicted molar refractivity (Wildman–Crippen MR) is 61.5 cm³/mol. The minimum Gasteiger partial charge on any atom is -0.394 e. The normalized spacial score (nSPS) is 11.9. The van der Waals surface area contributed by atoms with Crippen LogP contribution < -0.4 is 5.32 Å². The maximum absolute atomic E-state index is 11.4. The van der Waals surface area contributed by atoms with E-state index in [1.165, 1.54) is 12.1 Å². The number of hydrogen-bond donors (Lipinski definition) is 2. The van der Waals surface area contributed by atoms with Crippen molar-refractivity contribution in [2.45, 2.75) is 19.4 Å². The summed E-state index contributed by atoms with van der Waals surface area (Å²) >= 11 is 0. The molecule has 17 heavy (non-hydrogen) atoms. The average Bonchev–Trinajstić information content (AvgIpc) is 2.29. The van der Waals surface area contributed by atoms with Gasteiger partial charge in [-0.2, -0.15) is 0 Å². The molecule has 1 aromatic rings. The Morgan fingerprint density at radius 3 is 2.53 bits per heavy atom. The van der Waals surface area contributed by atoms with Gasteiger partial charge in [0.25, 0.3) is 5.69 Å². The van der Waals surface area contributed by atoms with E-state index in [0.717, 1.165) is 0 Å². The number of aliphatic hydroxyl groups excluding tert-OH is 1. The van der Waals surface area contributed by atoms with Crippen LogP contribution in [0.15, 0.2) is 24.3 Å². The Morgan fingerprint density at radius 1 is 1.47 bits per heavy atom. The van der Waals surface area contributed by atoms with Gasteiger partial charge in [0.1, 0.15) is 0 Å². The van der Waals surface area contributed by atoms with Crippen LogP contribution in [0.1, 0.15) is 12.5 Å². The Bertz CT molecular complexity index is 402. The second kappa shape index (κ2) is 5.95. The van der Waals surface area contributed by atoms with Crippen LogP contribution in [0, 0.1) is 10.1 Å². The van der Waals surface area contributed by atoms with Crippen LogP contribution >= 0.6 is 0 Å². The molecule has 1 aromatic carbocycles. The molecule has 0 bridgehead atoms. The van der Waals surface area contributed by atoms with Crippen LogP contribution in [0.5, 0.6) is 0 Å². The molecule has 0 aliphatic carbocycles. The van der Waals surface area contributed by atoms with Crippen molar-refractivity contribution in [3.8, 4) is 0 Å². The van der Waals surface area contributed by atoms with E-state index in [1.807, 2.05) is 0 Å². The molecule has 1 amide bonds. The van der Waals surface area contributed by atoms with Gasteiger partial charge in [0, 0.05) is 18.2 Å².